The van der Waals surface area contributed by atoms with E-state index in [1.54, 1.807) is 37.4 Å². The van der Waals surface area contributed by atoms with Gasteiger partial charge in [0, 0.05) is 35.2 Å². The zero-order valence-electron chi connectivity index (χ0n) is 17.6. The van der Waals surface area contributed by atoms with Crippen LogP contribution in [0.5, 0.6) is 17.2 Å². The predicted octanol–water partition coefficient (Wildman–Crippen LogP) is 5.79. The van der Waals surface area contributed by atoms with Crippen LogP contribution in [0.15, 0.2) is 40.8 Å². The molecule has 6 nitrogen and oxygen atoms in total. The number of rotatable bonds is 5. The lowest BCUT2D eigenvalue weighted by Gasteiger charge is -2.35. The van der Waals surface area contributed by atoms with Crippen LogP contribution in [-0.4, -0.2) is 38.2 Å². The number of hydrogen-bond donors (Lipinski definition) is 0. The highest BCUT2D eigenvalue weighted by Gasteiger charge is 2.35. The van der Waals surface area contributed by atoms with Gasteiger partial charge in [0.15, 0.2) is 23.0 Å². The van der Waals surface area contributed by atoms with Crippen LogP contribution in [0, 0.1) is 0 Å². The summed E-state index contributed by atoms with van der Waals surface area (Å²) in [6.45, 7) is 0.980. The van der Waals surface area contributed by atoms with Crippen LogP contribution in [-0.2, 0) is 6.42 Å². The highest BCUT2D eigenvalue weighted by Crippen LogP contribution is 2.50. The van der Waals surface area contributed by atoms with Gasteiger partial charge in [-0.1, -0.05) is 23.2 Å². The lowest BCUT2D eigenvalue weighted by atomic mass is 9.88. The second-order valence-corrected chi connectivity index (χ2v) is 8.72. The molecule has 0 radical (unpaired) electrons. The van der Waals surface area contributed by atoms with Crippen LogP contribution in [0.3, 0.4) is 0 Å². The van der Waals surface area contributed by atoms with Gasteiger partial charge in [0.2, 0.25) is 12.5 Å². The van der Waals surface area contributed by atoms with Crippen LogP contribution in [0.4, 0.5) is 0 Å². The summed E-state index contributed by atoms with van der Waals surface area (Å²) in [5.41, 5.74) is 2.76. The van der Waals surface area contributed by atoms with Crippen molar-refractivity contribution in [3.63, 3.8) is 0 Å². The molecule has 0 amide bonds. The van der Waals surface area contributed by atoms with Gasteiger partial charge in [0.05, 0.1) is 12.1 Å². The Hall–Kier alpha value is -2.67. The highest BCUT2D eigenvalue weighted by atomic mass is 35.5. The molecule has 8 heteroatoms. The largest absolute Gasteiger partial charge is 0.492 e. The quantitative estimate of drug-likeness (QED) is 0.436. The lowest BCUT2D eigenvalue weighted by Crippen LogP contribution is -2.34. The molecule has 3 heterocycles. The molecule has 0 bridgehead atoms. The molecule has 2 aliphatic rings. The first kappa shape index (κ1) is 21.2. The molecule has 2 aromatic carbocycles. The van der Waals surface area contributed by atoms with Crippen molar-refractivity contribution in [3.05, 3.63) is 63.3 Å². The number of nitrogens with zero attached hydrogens (tertiary/aromatic N) is 1. The van der Waals surface area contributed by atoms with E-state index in [4.69, 9.17) is 41.8 Å². The Labute approximate surface area is 195 Å². The molecule has 2 aliphatic heterocycles. The molecule has 32 heavy (non-hydrogen) atoms. The molecule has 0 spiro atoms. The van der Waals surface area contributed by atoms with E-state index in [-0.39, 0.29) is 30.8 Å². The summed E-state index contributed by atoms with van der Waals surface area (Å²) in [4.78, 5) is 15.4. The fourth-order valence-corrected chi connectivity index (χ4v) is 4.88. The minimum atomic E-state index is -0.177. The third kappa shape index (κ3) is 3.62. The molecule has 0 saturated carbocycles. The molecule has 166 valence electrons. The van der Waals surface area contributed by atoms with E-state index in [2.05, 4.69) is 4.90 Å². The van der Waals surface area contributed by atoms with Crippen molar-refractivity contribution in [3.8, 4) is 28.6 Å². The Balaban J connectivity index is 1.45. The molecule has 0 fully saturated rings. The topological polar surface area (TPSA) is 61.1 Å². The van der Waals surface area contributed by atoms with Crippen LogP contribution in [0.2, 0.25) is 10.0 Å². The van der Waals surface area contributed by atoms with E-state index in [1.807, 2.05) is 13.1 Å². The molecule has 3 aromatic rings. The van der Waals surface area contributed by atoms with Crippen molar-refractivity contribution in [2.75, 3.05) is 27.5 Å². The number of likely N-dealkylation sites (N-methyl/N-ethyl adjacent to an activating group) is 1. The van der Waals surface area contributed by atoms with E-state index < -0.39 is 0 Å². The normalized spacial score (nSPS) is 17.3. The Morgan fingerprint density at radius 2 is 2.03 bits per heavy atom. The third-order valence-corrected chi connectivity index (χ3v) is 6.55. The van der Waals surface area contributed by atoms with Gasteiger partial charge in [0.1, 0.15) is 5.76 Å². The van der Waals surface area contributed by atoms with Gasteiger partial charge in [-0.05, 0) is 55.4 Å². The number of carbonyl (C=O) groups is 1. The maximum Gasteiger partial charge on any atom is 0.231 e. The Morgan fingerprint density at radius 1 is 1.19 bits per heavy atom. The minimum Gasteiger partial charge on any atom is -0.492 e. The number of methoxy groups -OCH3 is 1. The number of ketones is 1. The Bertz CT molecular complexity index is 1210. The van der Waals surface area contributed by atoms with Crippen LogP contribution >= 0.6 is 23.2 Å². The number of Topliss-reactive ketones (excluding diaryl/α,β-unsaturated/α-hetero) is 1. The van der Waals surface area contributed by atoms with Gasteiger partial charge >= 0.3 is 0 Å². The van der Waals surface area contributed by atoms with Gasteiger partial charge in [-0.2, -0.15) is 0 Å². The summed E-state index contributed by atoms with van der Waals surface area (Å²) < 4.78 is 22.8. The van der Waals surface area contributed by atoms with E-state index >= 15 is 0 Å². The summed E-state index contributed by atoms with van der Waals surface area (Å²) in [7, 11) is 3.62. The summed E-state index contributed by atoms with van der Waals surface area (Å²) in [5.74, 6) is 2.61. The SMILES string of the molecule is COc1c2c(cc3c1C(CC(=O)c1ccc(-c4ccc(Cl)cc4Cl)o1)N(C)CC3)OCO2. The molecule has 1 aromatic heterocycles. The van der Waals surface area contributed by atoms with Crippen molar-refractivity contribution >= 4 is 29.0 Å². The van der Waals surface area contributed by atoms with Crippen LogP contribution in [0.1, 0.15) is 34.1 Å². The smallest absolute Gasteiger partial charge is 0.231 e. The van der Waals surface area contributed by atoms with Gasteiger partial charge in [-0.15, -0.1) is 0 Å². The van der Waals surface area contributed by atoms with E-state index in [0.717, 1.165) is 24.1 Å². The van der Waals surface area contributed by atoms with E-state index in [0.29, 0.717) is 38.6 Å². The predicted molar refractivity (Wildman–Crippen MR) is 121 cm³/mol. The minimum absolute atomic E-state index is 0.106. The van der Waals surface area contributed by atoms with Crippen molar-refractivity contribution in [2.24, 2.45) is 0 Å². The van der Waals surface area contributed by atoms with Crippen LogP contribution in [0.25, 0.3) is 11.3 Å². The zero-order valence-corrected chi connectivity index (χ0v) is 19.1. The molecular formula is C24H21Cl2NO5. The number of hydrogen-bond acceptors (Lipinski definition) is 6. The summed E-state index contributed by atoms with van der Waals surface area (Å²) in [5, 5.41) is 1.00. The van der Waals surface area contributed by atoms with Gasteiger partial charge in [0.25, 0.3) is 0 Å². The second-order valence-electron chi connectivity index (χ2n) is 7.88. The van der Waals surface area contributed by atoms with Crippen molar-refractivity contribution in [1.82, 2.24) is 4.90 Å². The fourth-order valence-electron chi connectivity index (χ4n) is 4.38. The molecule has 1 unspecified atom stereocenters. The van der Waals surface area contributed by atoms with Gasteiger partial charge in [-0.3, -0.25) is 9.69 Å². The molecular weight excluding hydrogens is 453 g/mol. The molecule has 0 saturated heterocycles. The van der Waals surface area contributed by atoms with Gasteiger partial charge in [-0.25, -0.2) is 0 Å². The first-order valence-electron chi connectivity index (χ1n) is 10.2. The number of fused-ring (bicyclic) bond motifs is 2. The average Bonchev–Trinajstić information content (AvgIpc) is 3.44. The first-order valence-corrected chi connectivity index (χ1v) is 11.0. The maximum atomic E-state index is 13.2. The third-order valence-electron chi connectivity index (χ3n) is 6.00. The highest BCUT2D eigenvalue weighted by molar-refractivity contribution is 6.36. The first-order chi connectivity index (χ1) is 15.5. The maximum absolute atomic E-state index is 13.2. The number of benzene rings is 2. The van der Waals surface area contributed by atoms with Crippen molar-refractivity contribution < 1.29 is 23.4 Å². The molecule has 1 atom stereocenters. The zero-order chi connectivity index (χ0) is 22.4. The number of halogens is 2. The Morgan fingerprint density at radius 3 is 2.81 bits per heavy atom. The summed E-state index contributed by atoms with van der Waals surface area (Å²) >= 11 is 12.3. The summed E-state index contributed by atoms with van der Waals surface area (Å²) in [6.07, 6.45) is 1.07. The van der Waals surface area contributed by atoms with E-state index in [9.17, 15) is 4.79 Å². The molecule has 0 aliphatic carbocycles. The van der Waals surface area contributed by atoms with Crippen LogP contribution < -0.4 is 14.2 Å². The van der Waals surface area contributed by atoms with E-state index in [1.165, 1.54) is 0 Å². The van der Waals surface area contributed by atoms with Gasteiger partial charge < -0.3 is 18.6 Å². The molecule has 5 rings (SSSR count). The number of carbonyl (C=O) groups excluding carboxylic acids is 1. The number of ether oxygens (including phenoxy) is 3. The van der Waals surface area contributed by atoms with Crippen molar-refractivity contribution in [2.45, 2.75) is 18.9 Å². The standard InChI is InChI=1S/C24H21Cl2NO5/c1-27-8-7-13-9-21-23(31-12-30-21)24(29-2)22(13)17(27)11-18(28)20-6-5-19(32-20)15-4-3-14(25)10-16(15)26/h3-6,9-10,17H,7-8,11-12H2,1-2H3. The van der Waals surface area contributed by atoms with Crippen molar-refractivity contribution in [1.29, 1.82) is 0 Å². The lowest BCUT2D eigenvalue weighted by molar-refractivity contribution is 0.0899. The molecule has 0 N–H and O–H groups in total. The average molecular weight is 474 g/mol. The second kappa shape index (κ2) is 8.35. The summed E-state index contributed by atoms with van der Waals surface area (Å²) in [6, 6.07) is 10.4. The number of furan rings is 1. The monoisotopic (exact) mass is 473 g/mol. The Kier molecular flexibility index (Phi) is 5.53. The fraction of sp³-hybridized carbons (Fsp3) is 0.292.